The Labute approximate surface area is 49.4 Å². The van der Waals surface area contributed by atoms with E-state index in [0.717, 1.165) is 19.3 Å². The standard InChI is InChI=1S/C7H11F/c1-2-3-6-4-5-7(6)8/h2,6-7H,1,3-5H2. The number of alkyl halides is 1. The van der Waals surface area contributed by atoms with E-state index in [1.54, 1.807) is 6.08 Å². The van der Waals surface area contributed by atoms with Gasteiger partial charge in [0.2, 0.25) is 0 Å². The van der Waals surface area contributed by atoms with Crippen LogP contribution in [0.4, 0.5) is 4.39 Å². The summed E-state index contributed by atoms with van der Waals surface area (Å²) in [5.41, 5.74) is 0. The average molecular weight is 114 g/mol. The Hall–Kier alpha value is -0.330. The number of hydrogen-bond acceptors (Lipinski definition) is 0. The number of rotatable bonds is 2. The molecule has 0 aromatic heterocycles. The summed E-state index contributed by atoms with van der Waals surface area (Å²) in [6.07, 6.45) is 3.98. The summed E-state index contributed by atoms with van der Waals surface area (Å²) in [6.45, 7) is 3.55. The van der Waals surface area contributed by atoms with Gasteiger partial charge in [0, 0.05) is 0 Å². The van der Waals surface area contributed by atoms with Crippen molar-refractivity contribution in [2.24, 2.45) is 5.92 Å². The maximum atomic E-state index is 12.3. The molecule has 0 spiro atoms. The van der Waals surface area contributed by atoms with E-state index in [9.17, 15) is 4.39 Å². The van der Waals surface area contributed by atoms with Gasteiger partial charge in [-0.05, 0) is 25.2 Å². The van der Waals surface area contributed by atoms with Crippen LogP contribution >= 0.6 is 0 Å². The zero-order chi connectivity index (χ0) is 5.98. The van der Waals surface area contributed by atoms with Gasteiger partial charge in [-0.25, -0.2) is 4.39 Å². The Bertz CT molecular complexity index is 88.4. The topological polar surface area (TPSA) is 0 Å². The van der Waals surface area contributed by atoms with Crippen LogP contribution < -0.4 is 0 Å². The maximum absolute atomic E-state index is 12.3. The molecule has 8 heavy (non-hydrogen) atoms. The van der Waals surface area contributed by atoms with Crippen molar-refractivity contribution in [3.63, 3.8) is 0 Å². The van der Waals surface area contributed by atoms with E-state index in [0.29, 0.717) is 5.92 Å². The van der Waals surface area contributed by atoms with Crippen molar-refractivity contribution in [2.75, 3.05) is 0 Å². The zero-order valence-electron chi connectivity index (χ0n) is 4.94. The summed E-state index contributed by atoms with van der Waals surface area (Å²) < 4.78 is 12.3. The van der Waals surface area contributed by atoms with Crippen molar-refractivity contribution in [2.45, 2.75) is 25.4 Å². The molecule has 0 aromatic rings. The lowest BCUT2D eigenvalue weighted by atomic mass is 9.81. The van der Waals surface area contributed by atoms with Gasteiger partial charge in [-0.1, -0.05) is 6.08 Å². The van der Waals surface area contributed by atoms with E-state index in [1.165, 1.54) is 0 Å². The fourth-order valence-corrected chi connectivity index (χ4v) is 1.01. The first-order valence-electron chi connectivity index (χ1n) is 3.09. The van der Waals surface area contributed by atoms with E-state index in [2.05, 4.69) is 6.58 Å². The fraction of sp³-hybridized carbons (Fsp3) is 0.714. The van der Waals surface area contributed by atoms with E-state index < -0.39 is 6.17 Å². The first-order valence-corrected chi connectivity index (χ1v) is 3.09. The minimum atomic E-state index is -0.520. The molecule has 0 bridgehead atoms. The molecule has 0 amide bonds. The third kappa shape index (κ3) is 0.908. The number of hydrogen-bond donors (Lipinski definition) is 0. The van der Waals surface area contributed by atoms with Gasteiger partial charge in [0.05, 0.1) is 0 Å². The molecule has 0 N–H and O–H groups in total. The Balaban J connectivity index is 2.16. The van der Waals surface area contributed by atoms with Crippen molar-refractivity contribution >= 4 is 0 Å². The van der Waals surface area contributed by atoms with Crippen molar-refractivity contribution in [1.82, 2.24) is 0 Å². The Morgan fingerprint density at radius 1 is 1.62 bits per heavy atom. The Morgan fingerprint density at radius 2 is 2.38 bits per heavy atom. The molecule has 2 atom stereocenters. The van der Waals surface area contributed by atoms with E-state index in [-0.39, 0.29) is 0 Å². The minimum Gasteiger partial charge on any atom is -0.247 e. The van der Waals surface area contributed by atoms with Crippen LogP contribution in [0.2, 0.25) is 0 Å². The molecule has 46 valence electrons. The highest BCUT2D eigenvalue weighted by Gasteiger charge is 2.28. The third-order valence-corrected chi connectivity index (χ3v) is 1.79. The van der Waals surface area contributed by atoms with E-state index in [4.69, 9.17) is 0 Å². The Kier molecular flexibility index (Phi) is 1.66. The first-order chi connectivity index (χ1) is 3.84. The first kappa shape index (κ1) is 5.80. The highest BCUT2D eigenvalue weighted by atomic mass is 19.1. The second kappa shape index (κ2) is 2.29. The van der Waals surface area contributed by atoms with Crippen LogP contribution in [0.3, 0.4) is 0 Å². The maximum Gasteiger partial charge on any atom is 0.103 e. The minimum absolute atomic E-state index is 0.312. The predicted octanol–water partition coefficient (Wildman–Crippen LogP) is 2.31. The SMILES string of the molecule is C=CCC1CCC1F. The average Bonchev–Trinajstić information content (AvgIpc) is 1.79. The van der Waals surface area contributed by atoms with Gasteiger partial charge in [-0.2, -0.15) is 0 Å². The van der Waals surface area contributed by atoms with Crippen molar-refractivity contribution in [3.05, 3.63) is 12.7 Å². The lowest BCUT2D eigenvalue weighted by Crippen LogP contribution is -2.26. The molecule has 0 heterocycles. The molecule has 1 saturated carbocycles. The summed E-state index contributed by atoms with van der Waals surface area (Å²) in [5, 5.41) is 0. The normalized spacial score (nSPS) is 36.1. The van der Waals surface area contributed by atoms with Crippen molar-refractivity contribution in [1.29, 1.82) is 0 Å². The summed E-state index contributed by atoms with van der Waals surface area (Å²) >= 11 is 0. The largest absolute Gasteiger partial charge is 0.247 e. The van der Waals surface area contributed by atoms with Gasteiger partial charge in [0.1, 0.15) is 6.17 Å². The molecular formula is C7H11F. The molecule has 0 aliphatic heterocycles. The summed E-state index contributed by atoms with van der Waals surface area (Å²) in [4.78, 5) is 0. The Morgan fingerprint density at radius 3 is 2.50 bits per heavy atom. The molecule has 1 aliphatic rings. The fourth-order valence-electron chi connectivity index (χ4n) is 1.01. The van der Waals surface area contributed by atoms with Gasteiger partial charge in [0.25, 0.3) is 0 Å². The summed E-state index contributed by atoms with van der Waals surface area (Å²) in [5.74, 6) is 0.312. The van der Waals surface area contributed by atoms with Crippen LogP contribution in [0.5, 0.6) is 0 Å². The molecule has 2 unspecified atom stereocenters. The lowest BCUT2D eigenvalue weighted by Gasteiger charge is -2.28. The van der Waals surface area contributed by atoms with Crippen LogP contribution in [-0.2, 0) is 0 Å². The van der Waals surface area contributed by atoms with Crippen LogP contribution in [0, 0.1) is 5.92 Å². The van der Waals surface area contributed by atoms with Gasteiger partial charge < -0.3 is 0 Å². The van der Waals surface area contributed by atoms with Crippen LogP contribution in [-0.4, -0.2) is 6.17 Å². The van der Waals surface area contributed by atoms with Gasteiger partial charge in [-0.15, -0.1) is 6.58 Å². The molecule has 0 nitrogen and oxygen atoms in total. The molecule has 1 heteroatoms. The monoisotopic (exact) mass is 114 g/mol. The summed E-state index contributed by atoms with van der Waals surface area (Å²) in [7, 11) is 0. The van der Waals surface area contributed by atoms with Crippen molar-refractivity contribution < 1.29 is 4.39 Å². The van der Waals surface area contributed by atoms with Crippen molar-refractivity contribution in [3.8, 4) is 0 Å². The van der Waals surface area contributed by atoms with E-state index in [1.807, 2.05) is 0 Å². The lowest BCUT2D eigenvalue weighted by molar-refractivity contribution is 0.115. The third-order valence-electron chi connectivity index (χ3n) is 1.79. The highest BCUT2D eigenvalue weighted by molar-refractivity contribution is 4.85. The molecule has 0 aromatic carbocycles. The molecule has 0 saturated heterocycles. The molecule has 0 radical (unpaired) electrons. The number of halogens is 1. The van der Waals surface area contributed by atoms with E-state index >= 15 is 0 Å². The highest BCUT2D eigenvalue weighted by Crippen LogP contribution is 2.32. The van der Waals surface area contributed by atoms with Crippen LogP contribution in [0.1, 0.15) is 19.3 Å². The van der Waals surface area contributed by atoms with Gasteiger partial charge in [-0.3, -0.25) is 0 Å². The van der Waals surface area contributed by atoms with Crippen LogP contribution in [0.15, 0.2) is 12.7 Å². The van der Waals surface area contributed by atoms with Gasteiger partial charge >= 0.3 is 0 Å². The number of allylic oxidation sites excluding steroid dienone is 1. The predicted molar refractivity (Wildman–Crippen MR) is 32.4 cm³/mol. The van der Waals surface area contributed by atoms with Gasteiger partial charge in [0.15, 0.2) is 0 Å². The molecule has 1 aliphatic carbocycles. The second-order valence-corrected chi connectivity index (χ2v) is 2.38. The molecule has 1 fully saturated rings. The summed E-state index contributed by atoms with van der Waals surface area (Å²) in [6, 6.07) is 0. The molecule has 1 rings (SSSR count). The second-order valence-electron chi connectivity index (χ2n) is 2.38. The molecular weight excluding hydrogens is 103 g/mol. The van der Waals surface area contributed by atoms with Crippen LogP contribution in [0.25, 0.3) is 0 Å². The quantitative estimate of drug-likeness (QED) is 0.483. The zero-order valence-corrected chi connectivity index (χ0v) is 4.94. The smallest absolute Gasteiger partial charge is 0.103 e.